The SMILES string of the molecule is CCc1ccc(C(=O)N(CCCOC)C(C)c2nc3ccccc3c(=O)n2CC)cc1. The van der Waals surface area contributed by atoms with Crippen molar-refractivity contribution in [2.75, 3.05) is 20.3 Å². The molecule has 1 unspecified atom stereocenters. The summed E-state index contributed by atoms with van der Waals surface area (Å²) in [7, 11) is 1.65. The van der Waals surface area contributed by atoms with Crippen LogP contribution in [0.2, 0.25) is 0 Å². The van der Waals surface area contributed by atoms with Crippen LogP contribution in [-0.4, -0.2) is 40.6 Å². The molecular formula is C25H31N3O3. The second-order valence-corrected chi connectivity index (χ2v) is 7.61. The standard InChI is InChI=1S/C25H31N3O3/c1-5-19-12-14-20(15-13-19)24(29)28(16-9-17-31-4)18(3)23-26-22-11-8-7-10-21(22)25(30)27(23)6-2/h7-8,10-15,18H,5-6,9,16-17H2,1-4H3. The maximum absolute atomic E-state index is 13.5. The molecule has 1 amide bonds. The Hall–Kier alpha value is -2.99. The first-order chi connectivity index (χ1) is 15.0. The average molecular weight is 422 g/mol. The maximum atomic E-state index is 13.5. The van der Waals surface area contributed by atoms with Crippen molar-refractivity contribution in [1.29, 1.82) is 0 Å². The van der Waals surface area contributed by atoms with Crippen molar-refractivity contribution in [2.45, 2.75) is 46.2 Å². The third-order valence-electron chi connectivity index (χ3n) is 5.67. The number of benzene rings is 2. The highest BCUT2D eigenvalue weighted by Crippen LogP contribution is 2.23. The van der Waals surface area contributed by atoms with Gasteiger partial charge in [0, 0.05) is 32.4 Å². The van der Waals surface area contributed by atoms with E-state index in [2.05, 4.69) is 6.92 Å². The molecule has 0 fully saturated rings. The topological polar surface area (TPSA) is 64.4 Å². The van der Waals surface area contributed by atoms with Gasteiger partial charge < -0.3 is 9.64 Å². The zero-order valence-electron chi connectivity index (χ0n) is 18.8. The molecule has 0 bridgehead atoms. The van der Waals surface area contributed by atoms with Gasteiger partial charge in [-0.05, 0) is 56.5 Å². The number of aromatic nitrogens is 2. The number of hydrogen-bond donors (Lipinski definition) is 0. The van der Waals surface area contributed by atoms with Gasteiger partial charge in [-0.15, -0.1) is 0 Å². The van der Waals surface area contributed by atoms with Crippen LogP contribution >= 0.6 is 0 Å². The van der Waals surface area contributed by atoms with Gasteiger partial charge in [0.2, 0.25) is 0 Å². The Morgan fingerprint density at radius 2 is 1.84 bits per heavy atom. The lowest BCUT2D eigenvalue weighted by atomic mass is 10.1. The van der Waals surface area contributed by atoms with Gasteiger partial charge in [0.25, 0.3) is 11.5 Å². The predicted molar refractivity (Wildman–Crippen MR) is 123 cm³/mol. The number of ether oxygens (including phenoxy) is 1. The van der Waals surface area contributed by atoms with Crippen LogP contribution in [-0.2, 0) is 17.7 Å². The third kappa shape index (κ3) is 4.85. The lowest BCUT2D eigenvalue weighted by Crippen LogP contribution is -2.38. The molecule has 1 heterocycles. The normalized spacial score (nSPS) is 12.1. The molecule has 2 aromatic carbocycles. The fourth-order valence-corrected chi connectivity index (χ4v) is 3.85. The Labute approximate surface area is 183 Å². The summed E-state index contributed by atoms with van der Waals surface area (Å²) >= 11 is 0. The smallest absolute Gasteiger partial charge is 0.261 e. The zero-order chi connectivity index (χ0) is 22.4. The van der Waals surface area contributed by atoms with Crippen LogP contribution in [0.3, 0.4) is 0 Å². The molecule has 1 aromatic heterocycles. The summed E-state index contributed by atoms with van der Waals surface area (Å²) in [5.74, 6) is 0.526. The molecule has 1 atom stereocenters. The second-order valence-electron chi connectivity index (χ2n) is 7.61. The number of carbonyl (C=O) groups is 1. The number of rotatable bonds is 9. The first-order valence-corrected chi connectivity index (χ1v) is 10.9. The number of nitrogens with zero attached hydrogens (tertiary/aromatic N) is 3. The minimum Gasteiger partial charge on any atom is -0.385 e. The van der Waals surface area contributed by atoms with E-state index in [0.29, 0.717) is 48.4 Å². The summed E-state index contributed by atoms with van der Waals surface area (Å²) < 4.78 is 6.88. The number of carbonyl (C=O) groups excluding carboxylic acids is 1. The van der Waals surface area contributed by atoms with Gasteiger partial charge in [0.05, 0.1) is 16.9 Å². The average Bonchev–Trinajstić information content (AvgIpc) is 2.81. The molecular weight excluding hydrogens is 390 g/mol. The minimum atomic E-state index is -0.368. The van der Waals surface area contributed by atoms with E-state index in [1.807, 2.05) is 56.3 Å². The Kier molecular flexibility index (Phi) is 7.58. The molecule has 0 radical (unpaired) electrons. The van der Waals surface area contributed by atoms with Crippen LogP contribution in [0.15, 0.2) is 53.3 Å². The van der Waals surface area contributed by atoms with Crippen molar-refractivity contribution >= 4 is 16.8 Å². The molecule has 164 valence electrons. The van der Waals surface area contributed by atoms with Crippen molar-refractivity contribution in [1.82, 2.24) is 14.5 Å². The van der Waals surface area contributed by atoms with E-state index in [4.69, 9.17) is 9.72 Å². The van der Waals surface area contributed by atoms with Crippen molar-refractivity contribution in [3.05, 3.63) is 75.8 Å². The first kappa shape index (κ1) is 22.7. The Morgan fingerprint density at radius 3 is 2.48 bits per heavy atom. The van der Waals surface area contributed by atoms with E-state index in [0.717, 1.165) is 6.42 Å². The van der Waals surface area contributed by atoms with Crippen LogP contribution < -0.4 is 5.56 Å². The van der Waals surface area contributed by atoms with Crippen molar-refractivity contribution in [2.24, 2.45) is 0 Å². The zero-order valence-corrected chi connectivity index (χ0v) is 18.8. The summed E-state index contributed by atoms with van der Waals surface area (Å²) in [5.41, 5.74) is 2.39. The van der Waals surface area contributed by atoms with Crippen LogP contribution in [0, 0.1) is 0 Å². The molecule has 0 aliphatic heterocycles. The second kappa shape index (κ2) is 10.4. The molecule has 31 heavy (non-hydrogen) atoms. The number of aryl methyl sites for hydroxylation is 1. The van der Waals surface area contributed by atoms with Gasteiger partial charge in [-0.2, -0.15) is 0 Å². The minimum absolute atomic E-state index is 0.0729. The van der Waals surface area contributed by atoms with Gasteiger partial charge in [0.1, 0.15) is 5.82 Å². The van der Waals surface area contributed by atoms with Crippen LogP contribution in [0.25, 0.3) is 10.9 Å². The number of methoxy groups -OCH3 is 1. The van der Waals surface area contributed by atoms with E-state index in [1.54, 1.807) is 22.6 Å². The monoisotopic (exact) mass is 421 g/mol. The molecule has 6 heteroatoms. The number of hydrogen-bond acceptors (Lipinski definition) is 4. The first-order valence-electron chi connectivity index (χ1n) is 10.9. The molecule has 3 aromatic rings. The lowest BCUT2D eigenvalue weighted by Gasteiger charge is -2.30. The molecule has 0 N–H and O–H groups in total. The van der Waals surface area contributed by atoms with Gasteiger partial charge in [-0.3, -0.25) is 14.2 Å². The Bertz CT molecular complexity index is 1090. The predicted octanol–water partition coefficient (Wildman–Crippen LogP) is 4.22. The number of fused-ring (bicyclic) bond motifs is 1. The van der Waals surface area contributed by atoms with Gasteiger partial charge in [0.15, 0.2) is 0 Å². The van der Waals surface area contributed by atoms with Gasteiger partial charge >= 0.3 is 0 Å². The quantitative estimate of drug-likeness (QED) is 0.485. The van der Waals surface area contributed by atoms with E-state index >= 15 is 0 Å². The van der Waals surface area contributed by atoms with Crippen LogP contribution in [0.1, 0.15) is 55.0 Å². The van der Waals surface area contributed by atoms with E-state index in [-0.39, 0.29) is 17.5 Å². The Morgan fingerprint density at radius 1 is 1.13 bits per heavy atom. The maximum Gasteiger partial charge on any atom is 0.261 e. The third-order valence-corrected chi connectivity index (χ3v) is 5.67. The molecule has 3 rings (SSSR count). The summed E-state index contributed by atoms with van der Waals surface area (Å²) in [6.45, 7) is 7.50. The summed E-state index contributed by atoms with van der Waals surface area (Å²) in [4.78, 5) is 33.1. The fourth-order valence-electron chi connectivity index (χ4n) is 3.85. The molecule has 0 spiro atoms. The highest BCUT2D eigenvalue weighted by Gasteiger charge is 2.26. The summed E-state index contributed by atoms with van der Waals surface area (Å²) in [6, 6.07) is 14.7. The lowest BCUT2D eigenvalue weighted by molar-refractivity contribution is 0.0655. The van der Waals surface area contributed by atoms with Crippen LogP contribution in [0.4, 0.5) is 0 Å². The number of para-hydroxylation sites is 1. The number of amides is 1. The molecule has 0 saturated carbocycles. The fraction of sp³-hybridized carbons (Fsp3) is 0.400. The van der Waals surface area contributed by atoms with Crippen LogP contribution in [0.5, 0.6) is 0 Å². The van der Waals surface area contributed by atoms with Crippen molar-refractivity contribution in [3.63, 3.8) is 0 Å². The van der Waals surface area contributed by atoms with Gasteiger partial charge in [-0.1, -0.05) is 31.2 Å². The molecule has 0 aliphatic carbocycles. The highest BCUT2D eigenvalue weighted by atomic mass is 16.5. The summed E-state index contributed by atoms with van der Waals surface area (Å²) in [5, 5.41) is 0.590. The van der Waals surface area contributed by atoms with Gasteiger partial charge in [-0.25, -0.2) is 4.98 Å². The summed E-state index contributed by atoms with van der Waals surface area (Å²) in [6.07, 6.45) is 1.62. The molecule has 6 nitrogen and oxygen atoms in total. The largest absolute Gasteiger partial charge is 0.385 e. The Balaban J connectivity index is 2.04. The molecule has 0 aliphatic rings. The highest BCUT2D eigenvalue weighted by molar-refractivity contribution is 5.94. The van der Waals surface area contributed by atoms with Crippen molar-refractivity contribution < 1.29 is 9.53 Å². The van der Waals surface area contributed by atoms with E-state index < -0.39 is 0 Å². The van der Waals surface area contributed by atoms with E-state index in [1.165, 1.54) is 5.56 Å². The van der Waals surface area contributed by atoms with Crippen molar-refractivity contribution in [3.8, 4) is 0 Å². The van der Waals surface area contributed by atoms with E-state index in [9.17, 15) is 9.59 Å². The molecule has 0 saturated heterocycles.